The Hall–Kier alpha value is -3.07. The second-order valence-corrected chi connectivity index (χ2v) is 10.1. The highest BCUT2D eigenvalue weighted by atomic mass is 32.1. The SMILES string of the molecule is O=C(c1ccccc1OC(F)F)N1CCN(C(=O)[C@H]2CCCC[C@H]2c2nc3ccccc3s2)CC1. The molecular formula is C26H27F2N3O3S. The molecule has 2 aliphatic rings. The molecule has 1 aliphatic carbocycles. The topological polar surface area (TPSA) is 62.7 Å². The van der Waals surface area contributed by atoms with Gasteiger partial charge in [0.15, 0.2) is 0 Å². The maximum absolute atomic E-state index is 13.6. The fraction of sp³-hybridized carbons (Fsp3) is 0.423. The number of alkyl halides is 2. The zero-order valence-electron chi connectivity index (χ0n) is 19.2. The van der Waals surface area contributed by atoms with Gasteiger partial charge < -0.3 is 14.5 Å². The molecule has 184 valence electrons. The summed E-state index contributed by atoms with van der Waals surface area (Å²) in [7, 11) is 0. The number of hydrogen-bond acceptors (Lipinski definition) is 5. The Morgan fingerprint density at radius 1 is 0.943 bits per heavy atom. The molecule has 1 aliphatic heterocycles. The van der Waals surface area contributed by atoms with Crippen LogP contribution in [0.1, 0.15) is 47.0 Å². The quantitative estimate of drug-likeness (QED) is 0.487. The maximum Gasteiger partial charge on any atom is 0.387 e. The molecule has 0 N–H and O–H groups in total. The third-order valence-electron chi connectivity index (χ3n) is 6.92. The van der Waals surface area contributed by atoms with Crippen LogP contribution in [0.5, 0.6) is 5.75 Å². The van der Waals surface area contributed by atoms with Crippen molar-refractivity contribution in [2.24, 2.45) is 5.92 Å². The van der Waals surface area contributed by atoms with Crippen molar-refractivity contribution in [1.82, 2.24) is 14.8 Å². The molecule has 35 heavy (non-hydrogen) atoms. The number of halogens is 2. The van der Waals surface area contributed by atoms with Crippen LogP contribution in [0.2, 0.25) is 0 Å². The summed E-state index contributed by atoms with van der Waals surface area (Å²) in [5.74, 6) is -0.355. The molecule has 0 spiro atoms. The van der Waals surface area contributed by atoms with Crippen molar-refractivity contribution in [2.75, 3.05) is 26.2 Å². The lowest BCUT2D eigenvalue weighted by Crippen LogP contribution is -2.52. The minimum absolute atomic E-state index is 0.105. The second-order valence-electron chi connectivity index (χ2n) is 9.01. The molecule has 0 unspecified atom stereocenters. The summed E-state index contributed by atoms with van der Waals surface area (Å²) in [5, 5.41) is 1.04. The van der Waals surface area contributed by atoms with Crippen LogP contribution >= 0.6 is 11.3 Å². The van der Waals surface area contributed by atoms with Crippen molar-refractivity contribution >= 4 is 33.4 Å². The highest BCUT2D eigenvalue weighted by molar-refractivity contribution is 7.18. The van der Waals surface area contributed by atoms with Crippen LogP contribution in [-0.2, 0) is 4.79 Å². The van der Waals surface area contributed by atoms with E-state index < -0.39 is 6.61 Å². The van der Waals surface area contributed by atoms with Gasteiger partial charge in [0.25, 0.3) is 5.91 Å². The zero-order chi connectivity index (χ0) is 24.4. The number of para-hydroxylation sites is 2. The van der Waals surface area contributed by atoms with Crippen molar-refractivity contribution in [3.63, 3.8) is 0 Å². The summed E-state index contributed by atoms with van der Waals surface area (Å²) < 4.78 is 31.1. The average molecular weight is 500 g/mol. The Morgan fingerprint density at radius 3 is 2.40 bits per heavy atom. The van der Waals surface area contributed by atoms with E-state index in [0.717, 1.165) is 40.9 Å². The lowest BCUT2D eigenvalue weighted by atomic mass is 9.78. The number of benzene rings is 2. The van der Waals surface area contributed by atoms with E-state index in [2.05, 4.69) is 10.8 Å². The van der Waals surface area contributed by atoms with Crippen LogP contribution in [0.3, 0.4) is 0 Å². The number of hydrogen-bond donors (Lipinski definition) is 0. The van der Waals surface area contributed by atoms with Crippen molar-refractivity contribution in [3.05, 3.63) is 59.1 Å². The van der Waals surface area contributed by atoms with Gasteiger partial charge in [-0.2, -0.15) is 8.78 Å². The summed E-state index contributed by atoms with van der Waals surface area (Å²) >= 11 is 1.68. The van der Waals surface area contributed by atoms with Gasteiger partial charge in [-0.05, 0) is 37.1 Å². The number of ether oxygens (including phenoxy) is 1. The lowest BCUT2D eigenvalue weighted by molar-refractivity contribution is -0.138. The Kier molecular flexibility index (Phi) is 6.95. The molecule has 2 atom stereocenters. The predicted molar refractivity (Wildman–Crippen MR) is 130 cm³/mol. The van der Waals surface area contributed by atoms with Gasteiger partial charge in [0.2, 0.25) is 5.91 Å². The van der Waals surface area contributed by atoms with Gasteiger partial charge in [0, 0.05) is 38.0 Å². The Bertz CT molecular complexity index is 1180. The molecule has 2 aromatic carbocycles. The highest BCUT2D eigenvalue weighted by Crippen LogP contribution is 2.41. The van der Waals surface area contributed by atoms with Crippen LogP contribution in [0.15, 0.2) is 48.5 Å². The molecule has 1 saturated heterocycles. The third kappa shape index (κ3) is 5.00. The largest absolute Gasteiger partial charge is 0.434 e. The van der Waals surface area contributed by atoms with Gasteiger partial charge in [-0.1, -0.05) is 37.1 Å². The van der Waals surface area contributed by atoms with Gasteiger partial charge in [0.1, 0.15) is 5.75 Å². The predicted octanol–water partition coefficient (Wildman–Crippen LogP) is 5.16. The van der Waals surface area contributed by atoms with E-state index in [1.165, 1.54) is 12.1 Å². The van der Waals surface area contributed by atoms with Crippen LogP contribution < -0.4 is 4.74 Å². The smallest absolute Gasteiger partial charge is 0.387 e. The summed E-state index contributed by atoms with van der Waals surface area (Å²) in [6.45, 7) is -1.45. The standard InChI is InChI=1S/C26H27F2N3O3S/c27-26(28)34-21-11-5-3-9-19(21)25(33)31-15-13-30(14-16-31)24(32)18-8-2-1-7-17(18)23-29-20-10-4-6-12-22(20)35-23/h3-6,9-12,17-18,26H,1-2,7-8,13-16H2/t17-,18+/m1/s1. The zero-order valence-corrected chi connectivity index (χ0v) is 20.1. The molecule has 0 radical (unpaired) electrons. The van der Waals surface area contributed by atoms with Gasteiger partial charge in [-0.3, -0.25) is 9.59 Å². The first kappa shape index (κ1) is 23.7. The first-order valence-electron chi connectivity index (χ1n) is 12.0. The average Bonchev–Trinajstić information content (AvgIpc) is 3.32. The van der Waals surface area contributed by atoms with Gasteiger partial charge in [-0.25, -0.2) is 4.98 Å². The summed E-state index contributed by atoms with van der Waals surface area (Å²) in [6.07, 6.45) is 3.91. The maximum atomic E-state index is 13.6. The molecule has 2 fully saturated rings. The number of thiazole rings is 1. The Morgan fingerprint density at radius 2 is 1.63 bits per heavy atom. The van der Waals surface area contributed by atoms with E-state index in [0.29, 0.717) is 26.2 Å². The minimum atomic E-state index is -3.00. The molecule has 1 saturated carbocycles. The van der Waals surface area contributed by atoms with Gasteiger partial charge in [-0.15, -0.1) is 11.3 Å². The number of fused-ring (bicyclic) bond motifs is 1. The van der Waals surface area contributed by atoms with Crippen LogP contribution in [0.4, 0.5) is 8.78 Å². The number of carbonyl (C=O) groups is 2. The van der Waals surface area contributed by atoms with E-state index in [-0.39, 0.29) is 35.0 Å². The van der Waals surface area contributed by atoms with Crippen LogP contribution in [0.25, 0.3) is 10.2 Å². The van der Waals surface area contributed by atoms with Crippen molar-refractivity contribution in [1.29, 1.82) is 0 Å². The van der Waals surface area contributed by atoms with Crippen molar-refractivity contribution in [3.8, 4) is 5.75 Å². The van der Waals surface area contributed by atoms with Gasteiger partial charge in [0.05, 0.1) is 20.8 Å². The van der Waals surface area contributed by atoms with Crippen LogP contribution in [-0.4, -0.2) is 59.4 Å². The van der Waals surface area contributed by atoms with E-state index in [1.54, 1.807) is 28.4 Å². The Balaban J connectivity index is 1.26. The molecule has 1 aromatic heterocycles. The van der Waals surface area contributed by atoms with E-state index in [1.807, 2.05) is 23.1 Å². The number of amides is 2. The summed E-state index contributed by atoms with van der Waals surface area (Å²) in [5.41, 5.74) is 1.09. The number of nitrogens with zero attached hydrogens (tertiary/aromatic N) is 3. The molecule has 3 aromatic rings. The number of piperazine rings is 1. The first-order chi connectivity index (χ1) is 17.0. The molecule has 6 nitrogen and oxygen atoms in total. The van der Waals surface area contributed by atoms with Gasteiger partial charge >= 0.3 is 6.61 Å². The fourth-order valence-electron chi connectivity index (χ4n) is 5.15. The van der Waals surface area contributed by atoms with Crippen molar-refractivity contribution in [2.45, 2.75) is 38.2 Å². The number of aromatic nitrogens is 1. The van der Waals surface area contributed by atoms with E-state index in [4.69, 9.17) is 4.98 Å². The first-order valence-corrected chi connectivity index (χ1v) is 12.8. The monoisotopic (exact) mass is 499 g/mol. The number of rotatable bonds is 5. The van der Waals surface area contributed by atoms with Crippen LogP contribution in [0, 0.1) is 5.92 Å². The Labute approximate surface area is 206 Å². The van der Waals surface area contributed by atoms with Crippen molar-refractivity contribution < 1.29 is 23.1 Å². The second kappa shape index (κ2) is 10.3. The molecule has 2 amide bonds. The normalized spacial score (nSPS) is 20.9. The lowest BCUT2D eigenvalue weighted by Gasteiger charge is -2.39. The summed E-state index contributed by atoms with van der Waals surface area (Å²) in [4.78, 5) is 34.9. The third-order valence-corrected chi connectivity index (χ3v) is 8.09. The molecular weight excluding hydrogens is 472 g/mol. The molecule has 5 rings (SSSR count). The number of carbonyl (C=O) groups excluding carboxylic acids is 2. The highest BCUT2D eigenvalue weighted by Gasteiger charge is 2.37. The molecule has 9 heteroatoms. The fourth-order valence-corrected chi connectivity index (χ4v) is 6.32. The summed E-state index contributed by atoms with van der Waals surface area (Å²) in [6, 6.07) is 14.1. The van der Waals surface area contributed by atoms with E-state index >= 15 is 0 Å². The van der Waals surface area contributed by atoms with E-state index in [9.17, 15) is 18.4 Å². The molecule has 2 heterocycles. The minimum Gasteiger partial charge on any atom is -0.434 e. The molecule has 0 bridgehead atoms.